The van der Waals surface area contributed by atoms with Gasteiger partial charge in [-0.1, -0.05) is 11.3 Å². The summed E-state index contributed by atoms with van der Waals surface area (Å²) in [6, 6.07) is 2.91. The molecule has 1 atom stereocenters. The van der Waals surface area contributed by atoms with Crippen LogP contribution in [0.25, 0.3) is 16.2 Å². The van der Waals surface area contributed by atoms with Crippen molar-refractivity contribution in [2.24, 2.45) is 0 Å². The van der Waals surface area contributed by atoms with Gasteiger partial charge in [-0.25, -0.2) is 27.1 Å². The maximum absolute atomic E-state index is 13.3. The smallest absolute Gasteiger partial charge is 0.410 e. The molecule has 1 fully saturated rings. The van der Waals surface area contributed by atoms with E-state index in [0.29, 0.717) is 48.7 Å². The monoisotopic (exact) mass is 544 g/mol. The lowest BCUT2D eigenvalue weighted by Crippen LogP contribution is -2.50. The number of benzene rings is 1. The number of aromatic nitrogens is 4. The number of hydrogen-bond donors (Lipinski definition) is 1. The van der Waals surface area contributed by atoms with Crippen LogP contribution >= 0.6 is 11.3 Å². The molecule has 15 heteroatoms. The number of hydrogen-bond acceptors (Lipinski definition) is 8. The van der Waals surface area contributed by atoms with E-state index in [1.807, 2.05) is 4.90 Å². The van der Waals surface area contributed by atoms with Gasteiger partial charge in [0.25, 0.3) is 6.43 Å². The van der Waals surface area contributed by atoms with Gasteiger partial charge in [0.1, 0.15) is 5.60 Å². The first-order chi connectivity index (χ1) is 16.9. The van der Waals surface area contributed by atoms with Gasteiger partial charge in [-0.05, 0) is 39.8 Å². The van der Waals surface area contributed by atoms with Crippen LogP contribution in [0.15, 0.2) is 21.8 Å². The van der Waals surface area contributed by atoms with Crippen molar-refractivity contribution in [1.29, 1.82) is 0 Å². The Morgan fingerprint density at radius 1 is 1.22 bits per heavy atom. The zero-order valence-electron chi connectivity index (χ0n) is 20.1. The number of anilines is 1. The van der Waals surface area contributed by atoms with E-state index in [1.54, 1.807) is 32.6 Å². The van der Waals surface area contributed by atoms with Crippen molar-refractivity contribution in [1.82, 2.24) is 24.2 Å². The van der Waals surface area contributed by atoms with Crippen molar-refractivity contribution >= 4 is 45.2 Å². The summed E-state index contributed by atoms with van der Waals surface area (Å²) in [7, 11) is 0. The van der Waals surface area contributed by atoms with Gasteiger partial charge < -0.3 is 19.1 Å². The van der Waals surface area contributed by atoms with Gasteiger partial charge in [0, 0.05) is 32.7 Å². The number of halogens is 2. The molecule has 1 aliphatic heterocycles. The molecule has 1 aromatic carbocycles. The molecule has 0 spiro atoms. The zero-order chi connectivity index (χ0) is 26.4. The highest BCUT2D eigenvalue weighted by Gasteiger charge is 2.29. The summed E-state index contributed by atoms with van der Waals surface area (Å²) in [6.45, 7) is 8.83. The quantitative estimate of drug-likeness (QED) is 0.486. The molecule has 11 nitrogen and oxygen atoms in total. The second-order valence-electron chi connectivity index (χ2n) is 9.10. The van der Waals surface area contributed by atoms with Crippen molar-refractivity contribution in [3.8, 4) is 5.13 Å². The minimum absolute atomic E-state index is 0.0349. The van der Waals surface area contributed by atoms with Gasteiger partial charge in [0.15, 0.2) is 16.1 Å². The molecule has 4 rings (SSSR count). The Hall–Kier alpha value is -2.91. The number of imidazole rings is 1. The Morgan fingerprint density at radius 2 is 1.89 bits per heavy atom. The minimum Gasteiger partial charge on any atom is -0.444 e. The van der Waals surface area contributed by atoms with Gasteiger partial charge in [0.05, 0.1) is 21.6 Å². The van der Waals surface area contributed by atoms with Crippen LogP contribution in [-0.4, -0.2) is 70.9 Å². The standard InChI is InChI=1S/C21H26F2N6O5S2/c1-5-28-15-13(26-6-8-27(9-7-26)20(31)34-21(2,3)4)10-12(36(32)33)11-14(15)29(19(28)30)18-25-24-17(35-18)16(22)23/h10-11,16H,5-9H2,1-4H3,(H,32,33). The fourth-order valence-corrected chi connectivity index (χ4v) is 5.16. The lowest BCUT2D eigenvalue weighted by atomic mass is 10.2. The van der Waals surface area contributed by atoms with E-state index in [2.05, 4.69) is 10.2 Å². The average molecular weight is 545 g/mol. The topological polar surface area (TPSA) is 123 Å². The van der Waals surface area contributed by atoms with Crippen molar-refractivity contribution in [3.05, 3.63) is 27.6 Å². The lowest BCUT2D eigenvalue weighted by molar-refractivity contribution is 0.0240. The molecule has 196 valence electrons. The van der Waals surface area contributed by atoms with Crippen LogP contribution in [0.5, 0.6) is 0 Å². The highest BCUT2D eigenvalue weighted by Crippen LogP contribution is 2.33. The molecule has 36 heavy (non-hydrogen) atoms. The molecule has 1 N–H and O–H groups in total. The fourth-order valence-electron chi connectivity index (χ4n) is 4.03. The first-order valence-corrected chi connectivity index (χ1v) is 13.1. The highest BCUT2D eigenvalue weighted by molar-refractivity contribution is 7.79. The predicted octanol–water partition coefficient (Wildman–Crippen LogP) is 3.24. The maximum atomic E-state index is 13.3. The van der Waals surface area contributed by atoms with Gasteiger partial charge in [0.2, 0.25) is 5.13 Å². The number of rotatable bonds is 5. The fraction of sp³-hybridized carbons (Fsp3) is 0.524. The van der Waals surface area contributed by atoms with Crippen molar-refractivity contribution in [3.63, 3.8) is 0 Å². The Kier molecular flexibility index (Phi) is 7.16. The van der Waals surface area contributed by atoms with E-state index in [-0.39, 0.29) is 22.1 Å². The molecule has 0 aliphatic carbocycles. The number of nitrogens with zero attached hydrogens (tertiary/aromatic N) is 6. The molecule has 3 aromatic rings. The molecule has 2 aromatic heterocycles. The summed E-state index contributed by atoms with van der Waals surface area (Å²) < 4.78 is 56.2. The molecular weight excluding hydrogens is 518 g/mol. The number of carbonyl (C=O) groups excluding carboxylic acids is 1. The Bertz CT molecular complexity index is 1370. The van der Waals surface area contributed by atoms with Crippen LogP contribution in [0.3, 0.4) is 0 Å². The van der Waals surface area contributed by atoms with E-state index in [9.17, 15) is 27.1 Å². The van der Waals surface area contributed by atoms with Crippen molar-refractivity contribution in [2.45, 2.75) is 51.2 Å². The Balaban J connectivity index is 1.79. The van der Waals surface area contributed by atoms with E-state index in [4.69, 9.17) is 4.74 Å². The number of alkyl halides is 2. The molecule has 1 amide bonds. The summed E-state index contributed by atoms with van der Waals surface area (Å²) in [5.74, 6) is 0. The van der Waals surface area contributed by atoms with Gasteiger partial charge >= 0.3 is 11.8 Å². The van der Waals surface area contributed by atoms with Crippen LogP contribution in [0.1, 0.15) is 39.1 Å². The molecule has 1 aliphatic rings. The third kappa shape index (κ3) is 4.99. The number of ether oxygens (including phenoxy) is 1. The number of aryl methyl sites for hydroxylation is 1. The van der Waals surface area contributed by atoms with E-state index in [1.165, 1.54) is 16.7 Å². The summed E-state index contributed by atoms with van der Waals surface area (Å²) >= 11 is -1.80. The number of fused-ring (bicyclic) bond motifs is 1. The van der Waals surface area contributed by atoms with Crippen LogP contribution < -0.4 is 10.6 Å². The Morgan fingerprint density at radius 3 is 2.42 bits per heavy atom. The molecule has 1 saturated heterocycles. The minimum atomic E-state index is -2.84. The van der Waals surface area contributed by atoms with Crippen LogP contribution in [0.2, 0.25) is 0 Å². The molecule has 3 heterocycles. The molecule has 0 saturated carbocycles. The molecule has 0 radical (unpaired) electrons. The second-order valence-corrected chi connectivity index (χ2v) is 11.1. The predicted molar refractivity (Wildman–Crippen MR) is 131 cm³/mol. The molecular formula is C21H26F2N6O5S2. The molecule has 0 bridgehead atoms. The number of carbonyl (C=O) groups is 1. The van der Waals surface area contributed by atoms with Crippen molar-refractivity contribution < 1.29 is 27.1 Å². The zero-order valence-corrected chi connectivity index (χ0v) is 21.7. The van der Waals surface area contributed by atoms with E-state index in [0.717, 1.165) is 4.57 Å². The average Bonchev–Trinajstić information content (AvgIpc) is 3.39. The lowest BCUT2D eigenvalue weighted by Gasteiger charge is -2.37. The molecule has 1 unspecified atom stereocenters. The number of amides is 1. The first kappa shape index (κ1) is 26.2. The van der Waals surface area contributed by atoms with Gasteiger partial charge in [-0.3, -0.25) is 4.57 Å². The largest absolute Gasteiger partial charge is 0.444 e. The third-order valence-electron chi connectivity index (χ3n) is 5.57. The van der Waals surface area contributed by atoms with Crippen molar-refractivity contribution in [2.75, 3.05) is 31.1 Å². The van der Waals surface area contributed by atoms with Crippen LogP contribution in [-0.2, 0) is 22.4 Å². The summed E-state index contributed by atoms with van der Waals surface area (Å²) in [4.78, 5) is 29.3. The SMILES string of the molecule is CCn1c(=O)n(-c2nnc(C(F)F)s2)c2cc(S(=O)O)cc(N3CCN(C(=O)OC(C)(C)C)CC3)c21. The summed E-state index contributed by atoms with van der Waals surface area (Å²) in [5.41, 5.74) is 0.0815. The number of piperazine rings is 1. The van der Waals surface area contributed by atoms with E-state index >= 15 is 0 Å². The van der Waals surface area contributed by atoms with E-state index < -0.39 is 39.9 Å². The van der Waals surface area contributed by atoms with Gasteiger partial charge in [-0.15, -0.1) is 10.2 Å². The normalized spacial score (nSPS) is 15.7. The maximum Gasteiger partial charge on any atom is 0.410 e. The first-order valence-electron chi connectivity index (χ1n) is 11.2. The summed E-state index contributed by atoms with van der Waals surface area (Å²) in [5, 5.41) is 6.65. The second kappa shape index (κ2) is 9.86. The summed E-state index contributed by atoms with van der Waals surface area (Å²) in [6.07, 6.45) is -3.27. The Labute approximate surface area is 211 Å². The van der Waals surface area contributed by atoms with Gasteiger partial charge in [-0.2, -0.15) is 0 Å². The highest BCUT2D eigenvalue weighted by atomic mass is 32.2. The third-order valence-corrected chi connectivity index (χ3v) is 7.13. The van der Waals surface area contributed by atoms with Crippen LogP contribution in [0.4, 0.5) is 19.3 Å². The van der Waals surface area contributed by atoms with Crippen LogP contribution in [0, 0.1) is 0 Å².